The molecule has 0 unspecified atom stereocenters. The Labute approximate surface area is 214 Å². The molecule has 2 atom stereocenters. The van der Waals surface area contributed by atoms with Crippen LogP contribution in [0.3, 0.4) is 0 Å². The van der Waals surface area contributed by atoms with Crippen LogP contribution in [0.25, 0.3) is 0 Å². The lowest BCUT2D eigenvalue weighted by Crippen LogP contribution is -2.27. The van der Waals surface area contributed by atoms with Crippen LogP contribution in [-0.4, -0.2) is 16.1 Å². The van der Waals surface area contributed by atoms with E-state index in [9.17, 15) is 9.59 Å². The summed E-state index contributed by atoms with van der Waals surface area (Å²) in [5, 5.41) is 3.75. The van der Waals surface area contributed by atoms with Gasteiger partial charge in [0.2, 0.25) is 5.91 Å². The van der Waals surface area contributed by atoms with E-state index >= 15 is 0 Å². The second-order valence-electron chi connectivity index (χ2n) is 7.36. The van der Waals surface area contributed by atoms with Crippen LogP contribution in [0, 0.1) is 5.92 Å². The monoisotopic (exact) mass is 542 g/mol. The number of para-hydroxylation sites is 1. The highest BCUT2D eigenvalue weighted by atomic mass is 35.5. The van der Waals surface area contributed by atoms with Gasteiger partial charge in [-0.25, -0.2) is 0 Å². The predicted molar refractivity (Wildman–Crippen MR) is 132 cm³/mol. The first-order valence-electron chi connectivity index (χ1n) is 9.63. The van der Waals surface area contributed by atoms with Gasteiger partial charge < -0.3 is 10.2 Å². The van der Waals surface area contributed by atoms with E-state index in [4.69, 9.17) is 62.8 Å². The smallest absolute Gasteiger partial charge is 0.285 e. The van der Waals surface area contributed by atoms with Crippen LogP contribution in [-0.2, 0) is 4.79 Å². The van der Waals surface area contributed by atoms with Crippen molar-refractivity contribution in [2.75, 3.05) is 5.32 Å². The van der Waals surface area contributed by atoms with E-state index in [1.807, 2.05) is 6.07 Å². The van der Waals surface area contributed by atoms with Crippen LogP contribution in [0.5, 0.6) is 5.75 Å². The molecule has 5 nitrogen and oxygen atoms in total. The van der Waals surface area contributed by atoms with E-state index in [1.165, 1.54) is 12.1 Å². The highest BCUT2D eigenvalue weighted by molar-refractivity contribution is 6.53. The van der Waals surface area contributed by atoms with Gasteiger partial charge in [0.05, 0.1) is 16.5 Å². The molecule has 3 aromatic rings. The number of rotatable bonds is 6. The number of alkyl halides is 2. The third kappa shape index (κ3) is 5.34. The summed E-state index contributed by atoms with van der Waals surface area (Å²) in [6, 6.07) is 18.1. The van der Waals surface area contributed by atoms with Gasteiger partial charge in [-0.05, 0) is 54.1 Å². The maximum Gasteiger partial charge on any atom is 0.285 e. The van der Waals surface area contributed by atoms with Gasteiger partial charge in [-0.1, -0.05) is 53.0 Å². The van der Waals surface area contributed by atoms with E-state index in [1.54, 1.807) is 48.5 Å². The molecule has 2 amide bonds. The Morgan fingerprint density at radius 2 is 1.55 bits per heavy atom. The summed E-state index contributed by atoms with van der Waals surface area (Å²) < 4.78 is -1.33. The third-order valence-electron chi connectivity index (χ3n) is 5.06. The summed E-state index contributed by atoms with van der Waals surface area (Å²) in [6.07, 6.45) is 0. The summed E-state index contributed by atoms with van der Waals surface area (Å²) in [4.78, 5) is 30.7. The largest absolute Gasteiger partial charge is 0.379 e. The lowest BCUT2D eigenvalue weighted by atomic mass is 10.1. The molecule has 1 fully saturated rings. The van der Waals surface area contributed by atoms with Gasteiger partial charge in [0.15, 0.2) is 5.75 Å². The van der Waals surface area contributed by atoms with Crippen molar-refractivity contribution in [1.82, 2.24) is 5.48 Å². The van der Waals surface area contributed by atoms with Gasteiger partial charge in [0.25, 0.3) is 5.91 Å². The quantitative estimate of drug-likeness (QED) is 0.262. The number of hydrogen-bond acceptors (Lipinski definition) is 3. The molecule has 0 bridgehead atoms. The molecule has 10 heteroatoms. The second-order valence-corrected chi connectivity index (χ2v) is 10.1. The van der Waals surface area contributed by atoms with Gasteiger partial charge in [-0.15, -0.1) is 23.2 Å². The molecule has 0 aliphatic heterocycles. The van der Waals surface area contributed by atoms with Crippen molar-refractivity contribution in [1.29, 1.82) is 0 Å². The molecular weight excluding hydrogens is 530 g/mol. The molecule has 33 heavy (non-hydrogen) atoms. The number of benzene rings is 3. The predicted octanol–water partition coefficient (Wildman–Crippen LogP) is 6.90. The minimum Gasteiger partial charge on any atom is -0.379 e. The standard InChI is InChI=1S/C23H15Cl5N2O3/c24-13-8-12(9-14(25)10-13)19-20(23(19,27)28)22(32)29-15-6-7-18(26)17(11-15)21(31)30-33-16-4-2-1-3-5-16/h1-11,19-20H,(H,29,32)(H,30,31)/t19-,20+/m0/s1. The summed E-state index contributed by atoms with van der Waals surface area (Å²) in [7, 11) is 0. The molecule has 0 aromatic heterocycles. The number of carbonyl (C=O) groups is 2. The highest BCUT2D eigenvalue weighted by Gasteiger charge is 2.67. The minimum absolute atomic E-state index is 0.113. The van der Waals surface area contributed by atoms with Crippen molar-refractivity contribution in [3.8, 4) is 5.75 Å². The number of halogens is 5. The Balaban J connectivity index is 1.46. The van der Waals surface area contributed by atoms with Crippen molar-refractivity contribution in [3.05, 3.63) is 92.9 Å². The lowest BCUT2D eigenvalue weighted by Gasteiger charge is -2.11. The van der Waals surface area contributed by atoms with Crippen LogP contribution in [0.1, 0.15) is 21.8 Å². The molecule has 1 aliphatic carbocycles. The molecule has 170 valence electrons. The summed E-state index contributed by atoms with van der Waals surface area (Å²) in [6.45, 7) is 0. The molecule has 3 aromatic carbocycles. The normalized spacial score (nSPS) is 18.3. The summed E-state index contributed by atoms with van der Waals surface area (Å²) in [5.41, 5.74) is 3.43. The number of anilines is 1. The molecule has 2 N–H and O–H groups in total. The van der Waals surface area contributed by atoms with Crippen molar-refractivity contribution in [2.45, 2.75) is 10.3 Å². The number of carbonyl (C=O) groups excluding carboxylic acids is 2. The fraction of sp³-hybridized carbons (Fsp3) is 0.130. The Kier molecular flexibility index (Phi) is 6.99. The number of hydrogen-bond donors (Lipinski definition) is 2. The average molecular weight is 545 g/mol. The van der Waals surface area contributed by atoms with Crippen molar-refractivity contribution < 1.29 is 14.4 Å². The molecule has 0 saturated heterocycles. The van der Waals surface area contributed by atoms with Crippen LogP contribution >= 0.6 is 58.0 Å². The van der Waals surface area contributed by atoms with E-state index in [0.717, 1.165) is 0 Å². The van der Waals surface area contributed by atoms with E-state index < -0.39 is 28.0 Å². The second kappa shape index (κ2) is 9.61. The maximum atomic E-state index is 12.9. The number of nitrogens with one attached hydrogen (secondary N) is 2. The minimum atomic E-state index is -1.33. The molecule has 4 rings (SSSR count). The highest BCUT2D eigenvalue weighted by Crippen LogP contribution is 2.65. The summed E-state index contributed by atoms with van der Waals surface area (Å²) in [5.74, 6) is -1.79. The average Bonchev–Trinajstić information content (AvgIpc) is 3.35. The fourth-order valence-electron chi connectivity index (χ4n) is 3.47. The number of amides is 2. The van der Waals surface area contributed by atoms with E-state index in [2.05, 4.69) is 10.8 Å². The zero-order valence-electron chi connectivity index (χ0n) is 16.6. The maximum absolute atomic E-state index is 12.9. The van der Waals surface area contributed by atoms with Crippen molar-refractivity contribution in [2.24, 2.45) is 5.92 Å². The van der Waals surface area contributed by atoms with Crippen LogP contribution in [0.4, 0.5) is 5.69 Å². The fourth-order valence-corrected chi connectivity index (χ4v) is 5.04. The Bertz CT molecular complexity index is 1200. The first-order valence-corrected chi connectivity index (χ1v) is 11.5. The van der Waals surface area contributed by atoms with Gasteiger partial charge in [-0.2, -0.15) is 5.48 Å². The van der Waals surface area contributed by atoms with E-state index in [0.29, 0.717) is 27.0 Å². The molecule has 1 saturated carbocycles. The third-order valence-corrected chi connectivity index (χ3v) is 6.77. The van der Waals surface area contributed by atoms with Crippen LogP contribution in [0.2, 0.25) is 15.1 Å². The van der Waals surface area contributed by atoms with Gasteiger partial charge in [0.1, 0.15) is 4.33 Å². The Morgan fingerprint density at radius 1 is 0.879 bits per heavy atom. The zero-order chi connectivity index (χ0) is 23.8. The first-order chi connectivity index (χ1) is 15.7. The Morgan fingerprint density at radius 3 is 2.21 bits per heavy atom. The topological polar surface area (TPSA) is 67.4 Å². The Hall–Kier alpha value is -2.15. The molecule has 0 radical (unpaired) electrons. The van der Waals surface area contributed by atoms with Gasteiger partial charge in [0, 0.05) is 21.7 Å². The van der Waals surface area contributed by atoms with Crippen molar-refractivity contribution >= 4 is 75.5 Å². The van der Waals surface area contributed by atoms with Crippen LogP contribution < -0.4 is 15.6 Å². The lowest BCUT2D eigenvalue weighted by molar-refractivity contribution is -0.117. The molecule has 0 heterocycles. The van der Waals surface area contributed by atoms with Gasteiger partial charge in [-0.3, -0.25) is 9.59 Å². The SMILES string of the molecule is O=C(NOc1ccccc1)c1cc(NC(=O)[C@H]2[C@H](c3cc(Cl)cc(Cl)c3)C2(Cl)Cl)ccc1Cl. The molecular formula is C23H15Cl5N2O3. The van der Waals surface area contributed by atoms with Crippen molar-refractivity contribution in [3.63, 3.8) is 0 Å². The first kappa shape index (κ1) is 24.0. The van der Waals surface area contributed by atoms with Gasteiger partial charge >= 0.3 is 0 Å². The summed E-state index contributed by atoms with van der Waals surface area (Å²) >= 11 is 31.1. The number of hydroxylamine groups is 1. The zero-order valence-corrected chi connectivity index (χ0v) is 20.4. The van der Waals surface area contributed by atoms with E-state index in [-0.39, 0.29) is 10.6 Å². The van der Waals surface area contributed by atoms with Crippen LogP contribution in [0.15, 0.2) is 66.7 Å². The molecule has 0 spiro atoms. The molecule has 1 aliphatic rings.